The van der Waals surface area contributed by atoms with E-state index in [1.165, 1.54) is 29.7 Å². The van der Waals surface area contributed by atoms with Crippen molar-refractivity contribution in [2.45, 2.75) is 51.6 Å². The van der Waals surface area contributed by atoms with Crippen molar-refractivity contribution < 1.29 is 0 Å². The van der Waals surface area contributed by atoms with E-state index in [4.69, 9.17) is 16.6 Å². The van der Waals surface area contributed by atoms with E-state index in [1.54, 1.807) is 0 Å². The first-order chi connectivity index (χ1) is 18.2. The number of nitrogen functional groups attached to an aromatic ring is 1. The number of aromatic amines is 1. The molecule has 38 heavy (non-hydrogen) atoms. The molecule has 0 atom stereocenters. The van der Waals surface area contributed by atoms with Crippen molar-refractivity contribution in [2.75, 3.05) is 58.0 Å². The van der Waals surface area contributed by atoms with Crippen LogP contribution in [0.25, 0.3) is 22.9 Å². The smallest absolute Gasteiger partial charge is 0.108 e. The number of hydrogen-bond donors (Lipinski definition) is 3. The number of hydrogen-bond acceptors (Lipinski definition) is 6. The molecule has 2 fully saturated rings. The van der Waals surface area contributed by atoms with Crippen molar-refractivity contribution in [3.05, 3.63) is 53.0 Å². The molecule has 2 aliphatic heterocycles. The van der Waals surface area contributed by atoms with Crippen LogP contribution in [-0.2, 0) is 0 Å². The second kappa shape index (κ2) is 10.9. The lowest BCUT2D eigenvalue weighted by atomic mass is 9.97. The Morgan fingerprint density at radius 1 is 1.05 bits per heavy atom. The molecular weight excluding hydrogens is 472 g/mol. The van der Waals surface area contributed by atoms with E-state index >= 15 is 0 Å². The largest absolute Gasteiger partial charge is 0.398 e. The summed E-state index contributed by atoms with van der Waals surface area (Å²) < 4.78 is 2.12. The number of nitrogens with zero attached hydrogens (tertiary/aromatic N) is 5. The third-order valence-corrected chi connectivity index (χ3v) is 8.56. The minimum absolute atomic E-state index is 0.443. The zero-order valence-electron chi connectivity index (χ0n) is 23.7. The lowest BCUT2D eigenvalue weighted by molar-refractivity contribution is 0.212. The standard InChI is InChI=1S/C30H44N8/c1-20-14-22(15-21(2)29(20)37-12-8-24(9-13-37)35(3)4)28(31)16-26-27(18-33-30(26)32)23-17-34-38(19-23)25-6-10-36(5)11-7-25/h14-19,24-25,33H,6-13,31-32H2,1-5H3/b28-16-. The van der Waals surface area contributed by atoms with Crippen LogP contribution in [0.1, 0.15) is 54.0 Å². The Morgan fingerprint density at radius 2 is 1.71 bits per heavy atom. The van der Waals surface area contributed by atoms with Gasteiger partial charge < -0.3 is 31.2 Å². The summed E-state index contributed by atoms with van der Waals surface area (Å²) in [5.74, 6) is 0.615. The number of likely N-dealkylation sites (tertiary alicyclic amines) is 1. The third-order valence-electron chi connectivity index (χ3n) is 8.56. The fourth-order valence-electron chi connectivity index (χ4n) is 6.25. The average molecular weight is 517 g/mol. The highest BCUT2D eigenvalue weighted by Gasteiger charge is 2.24. The molecule has 0 unspecified atom stereocenters. The van der Waals surface area contributed by atoms with E-state index in [9.17, 15) is 0 Å². The van der Waals surface area contributed by atoms with Crippen molar-refractivity contribution in [2.24, 2.45) is 5.73 Å². The van der Waals surface area contributed by atoms with Gasteiger partial charge in [0, 0.05) is 59.6 Å². The molecule has 0 amide bonds. The SMILES string of the molecule is Cc1cc(/C(N)=C/c2c(-c3cnn(C4CCN(C)CC4)c3)c[nH]c2N)cc(C)c1N1CCC(N(C)C)CC1. The minimum atomic E-state index is 0.443. The first-order valence-electron chi connectivity index (χ1n) is 13.9. The normalized spacial score (nSPS) is 18.6. The highest BCUT2D eigenvalue weighted by Crippen LogP contribution is 2.34. The summed E-state index contributed by atoms with van der Waals surface area (Å²) in [7, 11) is 6.55. The zero-order valence-corrected chi connectivity index (χ0v) is 23.7. The van der Waals surface area contributed by atoms with Crippen LogP contribution in [0.15, 0.2) is 30.7 Å². The van der Waals surface area contributed by atoms with Crippen molar-refractivity contribution >= 4 is 23.3 Å². The van der Waals surface area contributed by atoms with Gasteiger partial charge >= 0.3 is 0 Å². The zero-order chi connectivity index (χ0) is 27.0. The topological polar surface area (TPSA) is 95.4 Å². The molecule has 0 spiro atoms. The number of anilines is 2. The number of H-pyrrole nitrogens is 1. The molecule has 0 aliphatic carbocycles. The molecule has 2 aliphatic rings. The number of piperidine rings is 2. The van der Waals surface area contributed by atoms with Crippen LogP contribution in [-0.4, -0.2) is 77.9 Å². The predicted molar refractivity (Wildman–Crippen MR) is 159 cm³/mol. The second-order valence-electron chi connectivity index (χ2n) is 11.5. The molecule has 8 heteroatoms. The lowest BCUT2D eigenvalue weighted by Crippen LogP contribution is -2.42. The molecular formula is C30H44N8. The Balaban J connectivity index is 1.37. The van der Waals surface area contributed by atoms with Gasteiger partial charge in [0.05, 0.1) is 12.2 Å². The number of aryl methyl sites for hydroxylation is 2. The highest BCUT2D eigenvalue weighted by atomic mass is 15.3. The predicted octanol–water partition coefficient (Wildman–Crippen LogP) is 4.33. The summed E-state index contributed by atoms with van der Waals surface area (Å²) in [6.45, 7) is 8.78. The molecule has 8 nitrogen and oxygen atoms in total. The molecule has 2 aromatic heterocycles. The fraction of sp³-hybridized carbons (Fsp3) is 0.500. The van der Waals surface area contributed by atoms with E-state index in [0.29, 0.717) is 23.6 Å². The van der Waals surface area contributed by atoms with Gasteiger partial charge in [0.15, 0.2) is 0 Å². The molecule has 3 aromatic rings. The molecule has 5 rings (SSSR count). The second-order valence-corrected chi connectivity index (χ2v) is 11.5. The Hall–Kier alpha value is -3.23. The van der Waals surface area contributed by atoms with E-state index in [2.05, 4.69) is 77.7 Å². The average Bonchev–Trinajstić information content (AvgIpc) is 3.51. The van der Waals surface area contributed by atoms with E-state index in [1.807, 2.05) is 18.5 Å². The molecule has 0 radical (unpaired) electrons. The van der Waals surface area contributed by atoms with Gasteiger partial charge in [-0.05, 0) is 109 Å². The Bertz CT molecular complexity index is 1260. The molecule has 4 heterocycles. The summed E-state index contributed by atoms with van der Waals surface area (Å²) in [5, 5.41) is 4.70. The molecule has 204 valence electrons. The van der Waals surface area contributed by atoms with Crippen LogP contribution in [0.5, 0.6) is 0 Å². The Kier molecular flexibility index (Phi) is 7.54. The van der Waals surface area contributed by atoms with Crippen LogP contribution in [0.2, 0.25) is 0 Å². The van der Waals surface area contributed by atoms with Gasteiger partial charge in [-0.15, -0.1) is 0 Å². The van der Waals surface area contributed by atoms with Crippen LogP contribution < -0.4 is 16.4 Å². The Morgan fingerprint density at radius 3 is 2.34 bits per heavy atom. The number of aromatic nitrogens is 3. The van der Waals surface area contributed by atoms with Gasteiger partial charge in [0.1, 0.15) is 5.82 Å². The first-order valence-corrected chi connectivity index (χ1v) is 13.9. The minimum Gasteiger partial charge on any atom is -0.398 e. The van der Waals surface area contributed by atoms with Gasteiger partial charge in [0.25, 0.3) is 0 Å². The number of nitrogens with two attached hydrogens (primary N) is 2. The maximum Gasteiger partial charge on any atom is 0.108 e. The van der Waals surface area contributed by atoms with Crippen molar-refractivity contribution in [1.82, 2.24) is 24.6 Å². The third kappa shape index (κ3) is 5.33. The van der Waals surface area contributed by atoms with Gasteiger partial charge in [-0.1, -0.05) is 0 Å². The summed E-state index contributed by atoms with van der Waals surface area (Å²) in [6, 6.07) is 5.54. The summed E-state index contributed by atoms with van der Waals surface area (Å²) in [4.78, 5) is 10.5. The van der Waals surface area contributed by atoms with E-state index in [-0.39, 0.29) is 0 Å². The van der Waals surface area contributed by atoms with E-state index in [0.717, 1.165) is 61.3 Å². The number of rotatable bonds is 6. The molecule has 1 aromatic carbocycles. The van der Waals surface area contributed by atoms with E-state index < -0.39 is 0 Å². The van der Waals surface area contributed by atoms with Gasteiger partial charge in [-0.3, -0.25) is 4.68 Å². The maximum atomic E-state index is 6.70. The van der Waals surface area contributed by atoms with Gasteiger partial charge in [0.2, 0.25) is 0 Å². The summed E-state index contributed by atoms with van der Waals surface area (Å²) >= 11 is 0. The number of nitrogens with one attached hydrogen (secondary N) is 1. The van der Waals surface area contributed by atoms with Gasteiger partial charge in [-0.25, -0.2) is 0 Å². The monoisotopic (exact) mass is 516 g/mol. The first kappa shape index (κ1) is 26.4. The van der Waals surface area contributed by atoms with Crippen molar-refractivity contribution in [1.29, 1.82) is 0 Å². The maximum absolute atomic E-state index is 6.70. The summed E-state index contributed by atoms with van der Waals surface area (Å²) in [5.41, 5.74) is 21.7. The van der Waals surface area contributed by atoms with Crippen LogP contribution in [0.3, 0.4) is 0 Å². The molecule has 0 bridgehead atoms. The van der Waals surface area contributed by atoms with Crippen molar-refractivity contribution in [3.63, 3.8) is 0 Å². The quantitative estimate of drug-likeness (QED) is 0.451. The van der Waals surface area contributed by atoms with Gasteiger partial charge in [-0.2, -0.15) is 5.10 Å². The lowest BCUT2D eigenvalue weighted by Gasteiger charge is -2.38. The van der Waals surface area contributed by atoms with Crippen LogP contribution >= 0.6 is 0 Å². The molecule has 5 N–H and O–H groups in total. The van der Waals surface area contributed by atoms with Crippen molar-refractivity contribution in [3.8, 4) is 11.1 Å². The number of benzene rings is 1. The Labute approximate surface area is 227 Å². The molecule has 0 saturated carbocycles. The van der Waals surface area contributed by atoms with Crippen LogP contribution in [0.4, 0.5) is 11.5 Å². The fourth-order valence-corrected chi connectivity index (χ4v) is 6.25. The summed E-state index contributed by atoms with van der Waals surface area (Å²) in [6.07, 6.45) is 12.7. The van der Waals surface area contributed by atoms with Crippen LogP contribution in [0, 0.1) is 13.8 Å². The molecule has 2 saturated heterocycles. The highest BCUT2D eigenvalue weighted by molar-refractivity contribution is 5.90.